The first-order valence-corrected chi connectivity index (χ1v) is 8.42. The Bertz CT molecular complexity index is 724. The molecule has 0 atom stereocenters. The Kier molecular flexibility index (Phi) is 4.07. The maximum absolute atomic E-state index is 4.72. The first-order valence-electron chi connectivity index (χ1n) is 8.42. The molecule has 4 heteroatoms. The monoisotopic (exact) mass is 306 g/mol. The number of para-hydroxylation sites is 2. The molecule has 3 aromatic rings. The number of piperidine rings is 1. The summed E-state index contributed by atoms with van der Waals surface area (Å²) < 4.78 is 0. The minimum Gasteiger partial charge on any atom is -0.342 e. The zero-order valence-electron chi connectivity index (χ0n) is 13.3. The third kappa shape index (κ3) is 3.42. The molecule has 1 aliphatic rings. The molecule has 4 nitrogen and oxygen atoms in total. The summed E-state index contributed by atoms with van der Waals surface area (Å²) in [5, 5.41) is 0. The maximum Gasteiger partial charge on any atom is 0.107 e. The van der Waals surface area contributed by atoms with Gasteiger partial charge in [-0.3, -0.25) is 9.88 Å². The van der Waals surface area contributed by atoms with Gasteiger partial charge in [-0.2, -0.15) is 0 Å². The van der Waals surface area contributed by atoms with Gasteiger partial charge in [0, 0.05) is 25.4 Å². The highest BCUT2D eigenvalue weighted by atomic mass is 15.1. The standard InChI is InChI=1S/C19H22N4/c1-2-4-18-17(3-1)21-19(22-18)13-15-7-11-23(12-8-15)14-16-5-9-20-10-6-16/h1-6,9-10,15H,7-8,11-14H2,(H,21,22). The molecule has 118 valence electrons. The molecular formula is C19H22N4. The minimum absolute atomic E-state index is 0.740. The van der Waals surface area contributed by atoms with Crippen molar-refractivity contribution in [1.29, 1.82) is 0 Å². The van der Waals surface area contributed by atoms with Gasteiger partial charge in [-0.25, -0.2) is 4.98 Å². The zero-order chi connectivity index (χ0) is 15.5. The number of pyridine rings is 1. The van der Waals surface area contributed by atoms with E-state index in [2.05, 4.69) is 45.2 Å². The Morgan fingerprint density at radius 2 is 1.83 bits per heavy atom. The smallest absolute Gasteiger partial charge is 0.107 e. The molecule has 0 amide bonds. The maximum atomic E-state index is 4.72. The summed E-state index contributed by atoms with van der Waals surface area (Å²) in [6.07, 6.45) is 7.33. The highest BCUT2D eigenvalue weighted by Gasteiger charge is 2.20. The van der Waals surface area contributed by atoms with Gasteiger partial charge < -0.3 is 4.98 Å². The molecule has 0 aliphatic carbocycles. The Morgan fingerprint density at radius 3 is 2.61 bits per heavy atom. The molecule has 1 aromatic carbocycles. The molecule has 2 aromatic heterocycles. The second kappa shape index (κ2) is 6.50. The van der Waals surface area contributed by atoms with Crippen LogP contribution < -0.4 is 0 Å². The molecule has 0 saturated carbocycles. The number of nitrogens with one attached hydrogen (secondary N) is 1. The van der Waals surface area contributed by atoms with Crippen molar-refractivity contribution in [3.05, 3.63) is 60.2 Å². The van der Waals surface area contributed by atoms with E-state index in [4.69, 9.17) is 4.98 Å². The molecule has 0 unspecified atom stereocenters. The van der Waals surface area contributed by atoms with Crippen LogP contribution in [0.25, 0.3) is 11.0 Å². The van der Waals surface area contributed by atoms with E-state index in [1.54, 1.807) is 0 Å². The Hall–Kier alpha value is -2.20. The van der Waals surface area contributed by atoms with Crippen molar-refractivity contribution in [1.82, 2.24) is 19.9 Å². The first kappa shape index (κ1) is 14.4. The van der Waals surface area contributed by atoms with Gasteiger partial charge in [0.2, 0.25) is 0 Å². The van der Waals surface area contributed by atoms with Crippen molar-refractivity contribution in [2.45, 2.75) is 25.8 Å². The van der Waals surface area contributed by atoms with E-state index < -0.39 is 0 Å². The van der Waals surface area contributed by atoms with Crippen LogP contribution in [0.15, 0.2) is 48.8 Å². The van der Waals surface area contributed by atoms with E-state index in [-0.39, 0.29) is 0 Å². The van der Waals surface area contributed by atoms with Crippen LogP contribution in [-0.2, 0) is 13.0 Å². The lowest BCUT2D eigenvalue weighted by Gasteiger charge is -2.31. The normalized spacial score (nSPS) is 16.9. The van der Waals surface area contributed by atoms with Gasteiger partial charge in [-0.1, -0.05) is 12.1 Å². The van der Waals surface area contributed by atoms with Gasteiger partial charge in [0.1, 0.15) is 5.82 Å². The number of nitrogens with zero attached hydrogens (tertiary/aromatic N) is 3. The number of H-pyrrole nitrogens is 1. The third-order valence-corrected chi connectivity index (χ3v) is 4.78. The number of benzene rings is 1. The van der Waals surface area contributed by atoms with Crippen LogP contribution in [0.5, 0.6) is 0 Å². The summed E-state index contributed by atoms with van der Waals surface area (Å²) in [5.74, 6) is 1.88. The van der Waals surface area contributed by atoms with Gasteiger partial charge in [0.25, 0.3) is 0 Å². The lowest BCUT2D eigenvalue weighted by Crippen LogP contribution is -2.33. The number of fused-ring (bicyclic) bond motifs is 1. The lowest BCUT2D eigenvalue weighted by atomic mass is 9.93. The number of rotatable bonds is 4. The predicted molar refractivity (Wildman–Crippen MR) is 92.0 cm³/mol. The number of imidazole rings is 1. The van der Waals surface area contributed by atoms with E-state index in [0.717, 1.165) is 35.7 Å². The van der Waals surface area contributed by atoms with Crippen molar-refractivity contribution < 1.29 is 0 Å². The Balaban J connectivity index is 1.32. The topological polar surface area (TPSA) is 44.8 Å². The summed E-state index contributed by atoms with van der Waals surface area (Å²) in [5.41, 5.74) is 3.59. The molecule has 0 radical (unpaired) electrons. The molecule has 1 N–H and O–H groups in total. The average molecular weight is 306 g/mol. The first-order chi connectivity index (χ1) is 11.4. The molecular weight excluding hydrogens is 284 g/mol. The predicted octanol–water partition coefficient (Wildman–Crippen LogP) is 3.41. The van der Waals surface area contributed by atoms with Gasteiger partial charge in [0.15, 0.2) is 0 Å². The summed E-state index contributed by atoms with van der Waals surface area (Å²) in [7, 11) is 0. The van der Waals surface area contributed by atoms with Crippen molar-refractivity contribution in [3.63, 3.8) is 0 Å². The van der Waals surface area contributed by atoms with Crippen LogP contribution in [-0.4, -0.2) is 32.9 Å². The van der Waals surface area contributed by atoms with Crippen molar-refractivity contribution in [2.75, 3.05) is 13.1 Å². The quantitative estimate of drug-likeness (QED) is 0.803. The van der Waals surface area contributed by atoms with E-state index in [1.807, 2.05) is 18.5 Å². The molecule has 1 aliphatic heterocycles. The Labute approximate surface area is 136 Å². The second-order valence-electron chi connectivity index (χ2n) is 6.48. The van der Waals surface area contributed by atoms with E-state index in [9.17, 15) is 0 Å². The lowest BCUT2D eigenvalue weighted by molar-refractivity contribution is 0.176. The molecule has 0 bridgehead atoms. The minimum atomic E-state index is 0.740. The zero-order valence-corrected chi connectivity index (χ0v) is 13.3. The molecule has 4 rings (SSSR count). The van der Waals surface area contributed by atoms with Gasteiger partial charge in [-0.05, 0) is 61.7 Å². The summed E-state index contributed by atoms with van der Waals surface area (Å²) in [4.78, 5) is 14.8. The fourth-order valence-electron chi connectivity index (χ4n) is 3.47. The van der Waals surface area contributed by atoms with Gasteiger partial charge >= 0.3 is 0 Å². The Morgan fingerprint density at radius 1 is 1.04 bits per heavy atom. The summed E-state index contributed by atoms with van der Waals surface area (Å²) >= 11 is 0. The molecule has 3 heterocycles. The molecule has 1 fully saturated rings. The average Bonchev–Trinajstić information content (AvgIpc) is 3.00. The molecule has 1 saturated heterocycles. The third-order valence-electron chi connectivity index (χ3n) is 4.78. The van der Waals surface area contributed by atoms with Crippen molar-refractivity contribution >= 4 is 11.0 Å². The number of hydrogen-bond donors (Lipinski definition) is 1. The van der Waals surface area contributed by atoms with E-state index in [0.29, 0.717) is 0 Å². The summed E-state index contributed by atoms with van der Waals surface area (Å²) in [6.45, 7) is 3.39. The van der Waals surface area contributed by atoms with E-state index in [1.165, 1.54) is 31.5 Å². The SMILES string of the molecule is c1ccc2[nH]c(CC3CCN(Cc4ccncc4)CC3)nc2c1. The summed E-state index contributed by atoms with van der Waals surface area (Å²) in [6, 6.07) is 12.5. The van der Waals surface area contributed by atoms with Crippen LogP contribution in [0.2, 0.25) is 0 Å². The van der Waals surface area contributed by atoms with Crippen LogP contribution in [0.1, 0.15) is 24.2 Å². The fraction of sp³-hybridized carbons (Fsp3) is 0.368. The van der Waals surface area contributed by atoms with Crippen LogP contribution in [0.3, 0.4) is 0 Å². The van der Waals surface area contributed by atoms with E-state index >= 15 is 0 Å². The number of aromatic nitrogens is 3. The highest BCUT2D eigenvalue weighted by Crippen LogP contribution is 2.23. The van der Waals surface area contributed by atoms with Crippen LogP contribution in [0, 0.1) is 5.92 Å². The second-order valence-corrected chi connectivity index (χ2v) is 6.48. The van der Waals surface area contributed by atoms with Crippen LogP contribution in [0.4, 0.5) is 0 Å². The van der Waals surface area contributed by atoms with Crippen LogP contribution >= 0.6 is 0 Å². The number of likely N-dealkylation sites (tertiary alicyclic amines) is 1. The van der Waals surface area contributed by atoms with Crippen molar-refractivity contribution in [3.8, 4) is 0 Å². The number of aromatic amines is 1. The molecule has 0 spiro atoms. The van der Waals surface area contributed by atoms with Gasteiger partial charge in [-0.15, -0.1) is 0 Å². The fourth-order valence-corrected chi connectivity index (χ4v) is 3.47. The van der Waals surface area contributed by atoms with Crippen molar-refractivity contribution in [2.24, 2.45) is 5.92 Å². The largest absolute Gasteiger partial charge is 0.342 e. The molecule has 23 heavy (non-hydrogen) atoms. The highest BCUT2D eigenvalue weighted by molar-refractivity contribution is 5.74. The number of hydrogen-bond acceptors (Lipinski definition) is 3. The van der Waals surface area contributed by atoms with Gasteiger partial charge in [0.05, 0.1) is 11.0 Å².